The molecule has 0 unspecified atom stereocenters. The van der Waals surface area contributed by atoms with Crippen molar-refractivity contribution < 1.29 is 28.6 Å². The highest BCUT2D eigenvalue weighted by Gasteiger charge is 2.19. The number of allylic oxidation sites excluding steroid dienone is 12. The van der Waals surface area contributed by atoms with E-state index in [2.05, 4.69) is 93.7 Å². The van der Waals surface area contributed by atoms with Gasteiger partial charge in [0.2, 0.25) is 0 Å². The van der Waals surface area contributed by atoms with Crippen molar-refractivity contribution in [1.82, 2.24) is 0 Å². The van der Waals surface area contributed by atoms with Crippen molar-refractivity contribution >= 4 is 17.9 Å². The van der Waals surface area contributed by atoms with Crippen molar-refractivity contribution in [3.05, 3.63) is 72.9 Å². The Morgan fingerprint density at radius 2 is 0.625 bits per heavy atom. The fourth-order valence-corrected chi connectivity index (χ4v) is 7.41. The van der Waals surface area contributed by atoms with Crippen LogP contribution in [-0.2, 0) is 28.6 Å². The monoisotopic (exact) mass is 893 g/mol. The summed E-state index contributed by atoms with van der Waals surface area (Å²) in [4.78, 5) is 38.0. The predicted octanol–water partition coefficient (Wildman–Crippen LogP) is 17.8. The Hall–Kier alpha value is -3.15. The molecule has 0 fully saturated rings. The van der Waals surface area contributed by atoms with Crippen LogP contribution in [0.2, 0.25) is 0 Å². The molecular formula is C58H100O6. The number of carbonyl (C=O) groups is 3. The van der Waals surface area contributed by atoms with Gasteiger partial charge in [-0.3, -0.25) is 14.4 Å². The summed E-state index contributed by atoms with van der Waals surface area (Å²) in [6.45, 7) is 6.47. The molecule has 0 aromatic carbocycles. The molecule has 0 aliphatic carbocycles. The van der Waals surface area contributed by atoms with Crippen molar-refractivity contribution in [2.45, 2.75) is 264 Å². The van der Waals surface area contributed by atoms with Crippen molar-refractivity contribution in [2.24, 2.45) is 0 Å². The second-order valence-corrected chi connectivity index (χ2v) is 17.8. The molecule has 0 aromatic rings. The molecule has 0 aliphatic heterocycles. The highest BCUT2D eigenvalue weighted by Crippen LogP contribution is 2.15. The van der Waals surface area contributed by atoms with E-state index in [1.54, 1.807) is 0 Å². The van der Waals surface area contributed by atoms with Crippen LogP contribution in [0.15, 0.2) is 72.9 Å². The Bertz CT molecular complexity index is 1210. The average Bonchev–Trinajstić information content (AvgIpc) is 3.29. The Morgan fingerprint density at radius 1 is 0.328 bits per heavy atom. The van der Waals surface area contributed by atoms with Gasteiger partial charge in [0, 0.05) is 19.3 Å². The molecule has 0 N–H and O–H groups in total. The summed E-state index contributed by atoms with van der Waals surface area (Å²) in [5.74, 6) is -0.952. The van der Waals surface area contributed by atoms with Crippen molar-refractivity contribution in [1.29, 1.82) is 0 Å². The van der Waals surface area contributed by atoms with Crippen LogP contribution in [0.25, 0.3) is 0 Å². The fourth-order valence-electron chi connectivity index (χ4n) is 7.41. The molecule has 0 amide bonds. The molecule has 0 saturated heterocycles. The molecule has 0 rings (SSSR count). The van der Waals surface area contributed by atoms with Crippen LogP contribution in [0.4, 0.5) is 0 Å². The van der Waals surface area contributed by atoms with Gasteiger partial charge < -0.3 is 14.2 Å². The number of rotatable bonds is 48. The lowest BCUT2D eigenvalue weighted by Gasteiger charge is -2.18. The smallest absolute Gasteiger partial charge is 0.306 e. The maximum atomic E-state index is 12.8. The Kier molecular flexibility index (Phi) is 49.9. The topological polar surface area (TPSA) is 78.9 Å². The lowest BCUT2D eigenvalue weighted by molar-refractivity contribution is -0.167. The molecule has 0 spiro atoms. The minimum absolute atomic E-state index is 0.0927. The van der Waals surface area contributed by atoms with Gasteiger partial charge >= 0.3 is 17.9 Å². The quantitative estimate of drug-likeness (QED) is 0.0262. The largest absolute Gasteiger partial charge is 0.462 e. The van der Waals surface area contributed by atoms with Crippen LogP contribution in [0.3, 0.4) is 0 Å². The number of esters is 3. The summed E-state index contributed by atoms with van der Waals surface area (Å²) >= 11 is 0. The van der Waals surface area contributed by atoms with Crippen molar-refractivity contribution in [2.75, 3.05) is 13.2 Å². The summed E-state index contributed by atoms with van der Waals surface area (Å²) in [6, 6.07) is 0. The molecule has 0 aliphatic rings. The molecule has 0 bridgehead atoms. The number of ether oxygens (including phenoxy) is 3. The standard InChI is InChI=1S/C58H100O6/c1-4-7-10-13-16-19-22-25-28-29-31-33-36-39-42-45-48-51-57(60)63-54-55(53-62-56(59)50-47-44-41-38-35-32-27-24-21-18-15-12-9-6-3)64-58(61)52-49-46-43-40-37-34-30-26-23-20-17-14-11-8-5-2/h7,10,16,19-20,23,25,28,31,33,39,42,55H,4-6,8-9,11-15,17-18,21-22,24,26-27,29-30,32,34-38,40-41,43-54H2,1-3H3/b10-7+,19-16+,23-20+,28-25+,33-31+,42-39+/t55-/m1/s1. The summed E-state index contributed by atoms with van der Waals surface area (Å²) in [6.07, 6.45) is 66.0. The Balaban J connectivity index is 4.47. The number of hydrogen-bond donors (Lipinski definition) is 0. The van der Waals surface area contributed by atoms with E-state index in [1.807, 2.05) is 0 Å². The van der Waals surface area contributed by atoms with E-state index in [-0.39, 0.29) is 37.5 Å². The third-order valence-electron chi connectivity index (χ3n) is 11.4. The molecule has 368 valence electrons. The third-order valence-corrected chi connectivity index (χ3v) is 11.4. The highest BCUT2D eigenvalue weighted by atomic mass is 16.6. The highest BCUT2D eigenvalue weighted by molar-refractivity contribution is 5.71. The maximum absolute atomic E-state index is 12.8. The lowest BCUT2D eigenvalue weighted by Crippen LogP contribution is -2.30. The lowest BCUT2D eigenvalue weighted by atomic mass is 10.0. The first-order valence-corrected chi connectivity index (χ1v) is 26.9. The van der Waals surface area contributed by atoms with E-state index in [4.69, 9.17) is 14.2 Å². The van der Waals surface area contributed by atoms with Gasteiger partial charge in [-0.2, -0.15) is 0 Å². The zero-order valence-electron chi connectivity index (χ0n) is 42.0. The predicted molar refractivity (Wildman–Crippen MR) is 274 cm³/mol. The number of carbonyl (C=O) groups excluding carboxylic acids is 3. The van der Waals surface area contributed by atoms with Crippen LogP contribution in [0.1, 0.15) is 258 Å². The van der Waals surface area contributed by atoms with Crippen LogP contribution < -0.4 is 0 Å². The summed E-state index contributed by atoms with van der Waals surface area (Å²) in [7, 11) is 0. The van der Waals surface area contributed by atoms with Crippen LogP contribution in [-0.4, -0.2) is 37.2 Å². The average molecular weight is 893 g/mol. The van der Waals surface area contributed by atoms with Crippen LogP contribution in [0, 0.1) is 0 Å². The van der Waals surface area contributed by atoms with Crippen molar-refractivity contribution in [3.63, 3.8) is 0 Å². The van der Waals surface area contributed by atoms with E-state index in [0.29, 0.717) is 19.3 Å². The van der Waals surface area contributed by atoms with Gasteiger partial charge in [-0.15, -0.1) is 0 Å². The second kappa shape index (κ2) is 52.5. The molecule has 6 nitrogen and oxygen atoms in total. The molecule has 1 atom stereocenters. The molecule has 6 heteroatoms. The van der Waals surface area contributed by atoms with Gasteiger partial charge in [0.1, 0.15) is 13.2 Å². The SMILES string of the molecule is CC/C=C/C/C=C/C/C=C/C/C=C/C/C=C/CCCC(=O)OC[C@@H](COC(=O)CCCCCCCCCCCCCCCC)OC(=O)CCCCCCCCC/C=C/CCCCCC. The van der Waals surface area contributed by atoms with Gasteiger partial charge in [-0.25, -0.2) is 0 Å². The van der Waals surface area contributed by atoms with Gasteiger partial charge in [-0.05, 0) is 83.5 Å². The minimum Gasteiger partial charge on any atom is -0.462 e. The van der Waals surface area contributed by atoms with Crippen LogP contribution in [0.5, 0.6) is 0 Å². The number of unbranched alkanes of at least 4 members (excludes halogenated alkanes) is 25. The second-order valence-electron chi connectivity index (χ2n) is 17.8. The van der Waals surface area contributed by atoms with Crippen molar-refractivity contribution in [3.8, 4) is 0 Å². The first-order valence-electron chi connectivity index (χ1n) is 26.9. The van der Waals surface area contributed by atoms with E-state index in [1.165, 1.54) is 135 Å². The van der Waals surface area contributed by atoms with E-state index < -0.39 is 6.10 Å². The zero-order chi connectivity index (χ0) is 46.5. The van der Waals surface area contributed by atoms with E-state index in [9.17, 15) is 14.4 Å². The minimum atomic E-state index is -0.798. The Morgan fingerprint density at radius 3 is 1.05 bits per heavy atom. The number of hydrogen-bond acceptors (Lipinski definition) is 6. The third kappa shape index (κ3) is 49.9. The first-order chi connectivity index (χ1) is 31.5. The van der Waals surface area contributed by atoms with Gasteiger partial charge in [0.25, 0.3) is 0 Å². The fraction of sp³-hybridized carbons (Fsp3) is 0.741. The van der Waals surface area contributed by atoms with E-state index >= 15 is 0 Å². The summed E-state index contributed by atoms with van der Waals surface area (Å²) in [5.41, 5.74) is 0. The molecule has 0 saturated carbocycles. The van der Waals surface area contributed by atoms with Gasteiger partial charge in [0.15, 0.2) is 6.10 Å². The molecule has 64 heavy (non-hydrogen) atoms. The molecular weight excluding hydrogens is 793 g/mol. The normalized spacial score (nSPS) is 12.6. The van der Waals surface area contributed by atoms with E-state index in [0.717, 1.165) is 77.0 Å². The summed E-state index contributed by atoms with van der Waals surface area (Å²) in [5, 5.41) is 0. The Labute approximate surface area is 395 Å². The summed E-state index contributed by atoms with van der Waals surface area (Å²) < 4.78 is 16.8. The van der Waals surface area contributed by atoms with Crippen LogP contribution >= 0.6 is 0 Å². The van der Waals surface area contributed by atoms with Gasteiger partial charge in [0.05, 0.1) is 0 Å². The molecule has 0 heterocycles. The zero-order valence-corrected chi connectivity index (χ0v) is 42.0. The van der Waals surface area contributed by atoms with Gasteiger partial charge in [-0.1, -0.05) is 229 Å². The maximum Gasteiger partial charge on any atom is 0.306 e. The molecule has 0 aromatic heterocycles. The molecule has 0 radical (unpaired) electrons. The first kappa shape index (κ1) is 60.9.